The summed E-state index contributed by atoms with van der Waals surface area (Å²) in [6.45, 7) is 11.6. The average Bonchev–Trinajstić information content (AvgIpc) is 3.23. The number of amides is 1. The van der Waals surface area contributed by atoms with Crippen LogP contribution in [0.1, 0.15) is 58.6 Å². The van der Waals surface area contributed by atoms with E-state index in [0.717, 1.165) is 12.2 Å². The van der Waals surface area contributed by atoms with Crippen LogP contribution in [0.15, 0.2) is 24.3 Å². The minimum atomic E-state index is -0.802. The summed E-state index contributed by atoms with van der Waals surface area (Å²) in [6.07, 6.45) is 1.49. The molecule has 1 aromatic rings. The zero-order chi connectivity index (χ0) is 21.9. The van der Waals surface area contributed by atoms with E-state index >= 15 is 0 Å². The molecule has 4 rings (SSSR count). The molecule has 2 saturated heterocycles. The van der Waals surface area contributed by atoms with Crippen molar-refractivity contribution >= 4 is 36.1 Å². The summed E-state index contributed by atoms with van der Waals surface area (Å²) in [7, 11) is 0. The number of thioether (sulfide) groups is 1. The molecule has 0 spiro atoms. The van der Waals surface area contributed by atoms with Crippen LogP contribution < -0.4 is 0 Å². The Hall–Kier alpha value is -0.980. The second kappa shape index (κ2) is 7.56. The molecule has 164 valence electrons. The summed E-state index contributed by atoms with van der Waals surface area (Å²) in [5.41, 5.74) is 2.68. The summed E-state index contributed by atoms with van der Waals surface area (Å²) >= 11 is 6.38. The summed E-state index contributed by atoms with van der Waals surface area (Å²) in [6, 6.07) is 8.22. The van der Waals surface area contributed by atoms with E-state index in [1.54, 1.807) is 16.7 Å². The fourth-order valence-electron chi connectivity index (χ4n) is 4.93. The van der Waals surface area contributed by atoms with Crippen LogP contribution in [0.5, 0.6) is 0 Å². The van der Waals surface area contributed by atoms with Crippen molar-refractivity contribution in [2.24, 2.45) is 11.8 Å². The van der Waals surface area contributed by atoms with E-state index in [1.165, 1.54) is 11.1 Å². The standard InChI is InChI=1S/C24H33NO3S2/c1-15(2)18-12-23(18,30-14-16-6-8-17(9-7-16)22(3,4)5)21(27)25-11-10-24(29)20(25)19(26)13-28-24/h6-9,15,18,20,29H,10-14H2,1-5H3/t18-,20-,23?,24-/m1/s1. The number of rotatable bonds is 5. The van der Waals surface area contributed by atoms with E-state index in [4.69, 9.17) is 4.74 Å². The number of carbonyl (C=O) groups excluding carboxylic acids is 2. The Kier molecular flexibility index (Phi) is 5.60. The quantitative estimate of drug-likeness (QED) is 0.677. The van der Waals surface area contributed by atoms with Crippen molar-refractivity contribution in [3.05, 3.63) is 35.4 Å². The van der Waals surface area contributed by atoms with Gasteiger partial charge in [0.05, 0.1) is 4.75 Å². The Morgan fingerprint density at radius 2 is 1.97 bits per heavy atom. The molecular formula is C24H33NO3S2. The van der Waals surface area contributed by atoms with Gasteiger partial charge in [0, 0.05) is 18.7 Å². The number of ketones is 1. The first kappa shape index (κ1) is 22.2. The van der Waals surface area contributed by atoms with Gasteiger partial charge >= 0.3 is 0 Å². The van der Waals surface area contributed by atoms with Gasteiger partial charge in [0.2, 0.25) is 5.91 Å². The third kappa shape index (κ3) is 3.73. The van der Waals surface area contributed by atoms with Crippen LogP contribution in [-0.4, -0.2) is 45.5 Å². The van der Waals surface area contributed by atoms with Crippen LogP contribution in [0.4, 0.5) is 0 Å². The highest BCUT2D eigenvalue weighted by Gasteiger charge is 2.66. The number of hydrogen-bond donors (Lipinski definition) is 1. The first-order valence-electron chi connectivity index (χ1n) is 10.9. The number of Topliss-reactive ketones (excluding diaryl/α,β-unsaturated/α-hetero) is 1. The number of benzene rings is 1. The summed E-state index contributed by atoms with van der Waals surface area (Å²) in [5.74, 6) is 1.67. The molecule has 1 saturated carbocycles. The van der Waals surface area contributed by atoms with E-state index in [-0.39, 0.29) is 23.7 Å². The van der Waals surface area contributed by atoms with Crippen molar-refractivity contribution in [3.8, 4) is 0 Å². The molecule has 30 heavy (non-hydrogen) atoms. The third-order valence-electron chi connectivity index (χ3n) is 6.93. The highest BCUT2D eigenvalue weighted by atomic mass is 32.2. The summed E-state index contributed by atoms with van der Waals surface area (Å²) in [4.78, 5) is 27.2. The molecule has 1 aliphatic carbocycles. The zero-order valence-corrected chi connectivity index (χ0v) is 20.3. The van der Waals surface area contributed by atoms with Gasteiger partial charge in [-0.3, -0.25) is 9.59 Å². The number of fused-ring (bicyclic) bond motifs is 1. The zero-order valence-electron chi connectivity index (χ0n) is 18.6. The van der Waals surface area contributed by atoms with Gasteiger partial charge in [-0.15, -0.1) is 24.4 Å². The Labute approximate surface area is 189 Å². The van der Waals surface area contributed by atoms with E-state index < -0.39 is 15.7 Å². The molecule has 0 aromatic heterocycles. The average molecular weight is 448 g/mol. The smallest absolute Gasteiger partial charge is 0.239 e. The topological polar surface area (TPSA) is 46.6 Å². The summed E-state index contributed by atoms with van der Waals surface area (Å²) in [5, 5.41) is 0. The van der Waals surface area contributed by atoms with Crippen molar-refractivity contribution in [3.63, 3.8) is 0 Å². The predicted octanol–water partition coefficient (Wildman–Crippen LogP) is 4.46. The molecule has 2 aliphatic heterocycles. The second-order valence-electron chi connectivity index (χ2n) is 10.4. The van der Waals surface area contributed by atoms with E-state index in [2.05, 4.69) is 71.5 Å². The molecule has 1 unspecified atom stereocenters. The van der Waals surface area contributed by atoms with E-state index in [0.29, 0.717) is 24.8 Å². The van der Waals surface area contributed by atoms with Gasteiger partial charge in [-0.2, -0.15) is 0 Å². The number of thiol groups is 1. The van der Waals surface area contributed by atoms with Crippen LogP contribution in [0.2, 0.25) is 0 Å². The molecule has 4 atom stereocenters. The molecule has 6 heteroatoms. The van der Waals surface area contributed by atoms with Gasteiger partial charge < -0.3 is 9.64 Å². The lowest BCUT2D eigenvalue weighted by molar-refractivity contribution is -0.137. The lowest BCUT2D eigenvalue weighted by atomic mass is 9.87. The van der Waals surface area contributed by atoms with Crippen LogP contribution in [-0.2, 0) is 25.5 Å². The number of ether oxygens (including phenoxy) is 1. The number of carbonyl (C=O) groups is 2. The van der Waals surface area contributed by atoms with Crippen LogP contribution in [0.25, 0.3) is 0 Å². The first-order valence-corrected chi connectivity index (χ1v) is 12.3. The Bertz CT molecular complexity index is 847. The minimum absolute atomic E-state index is 0.0180. The SMILES string of the molecule is CC(C)[C@H]1CC1(SCc1ccc(C(C)(C)C)cc1)C(=O)N1CC[C@]2(S)OCC(=O)[C@@H]12. The van der Waals surface area contributed by atoms with Gasteiger partial charge in [-0.05, 0) is 34.8 Å². The predicted molar refractivity (Wildman–Crippen MR) is 125 cm³/mol. The van der Waals surface area contributed by atoms with Crippen molar-refractivity contribution in [1.82, 2.24) is 4.90 Å². The largest absolute Gasteiger partial charge is 0.354 e. The molecule has 3 fully saturated rings. The monoisotopic (exact) mass is 447 g/mol. The maximum Gasteiger partial charge on any atom is 0.239 e. The molecule has 0 bridgehead atoms. The van der Waals surface area contributed by atoms with Crippen molar-refractivity contribution in [1.29, 1.82) is 0 Å². The maximum absolute atomic E-state index is 13.7. The summed E-state index contributed by atoms with van der Waals surface area (Å²) < 4.78 is 5.21. The van der Waals surface area contributed by atoms with Crippen molar-refractivity contribution < 1.29 is 14.3 Å². The molecule has 3 aliphatic rings. The van der Waals surface area contributed by atoms with Gasteiger partial charge in [0.25, 0.3) is 0 Å². The van der Waals surface area contributed by atoms with Gasteiger partial charge in [-0.1, -0.05) is 58.9 Å². The molecule has 0 N–H and O–H groups in total. The van der Waals surface area contributed by atoms with Crippen LogP contribution in [0.3, 0.4) is 0 Å². The van der Waals surface area contributed by atoms with Gasteiger partial charge in [0.1, 0.15) is 17.6 Å². The van der Waals surface area contributed by atoms with Crippen LogP contribution in [0, 0.1) is 11.8 Å². The number of hydrogen-bond acceptors (Lipinski definition) is 5. The maximum atomic E-state index is 13.7. The molecule has 2 heterocycles. The Morgan fingerprint density at radius 1 is 1.30 bits per heavy atom. The fraction of sp³-hybridized carbons (Fsp3) is 0.667. The van der Waals surface area contributed by atoms with Crippen LogP contribution >= 0.6 is 24.4 Å². The number of likely N-dealkylation sites (tertiary alicyclic amines) is 1. The lowest BCUT2D eigenvalue weighted by Crippen LogP contribution is -2.49. The minimum Gasteiger partial charge on any atom is -0.354 e. The Balaban J connectivity index is 1.51. The van der Waals surface area contributed by atoms with E-state index in [9.17, 15) is 9.59 Å². The fourth-order valence-corrected chi connectivity index (χ4v) is 7.02. The lowest BCUT2D eigenvalue weighted by Gasteiger charge is -2.30. The highest BCUT2D eigenvalue weighted by molar-refractivity contribution is 8.01. The first-order chi connectivity index (χ1) is 14.0. The Morgan fingerprint density at radius 3 is 2.53 bits per heavy atom. The molecule has 0 radical (unpaired) electrons. The van der Waals surface area contributed by atoms with Gasteiger partial charge in [0.15, 0.2) is 5.78 Å². The highest BCUT2D eigenvalue weighted by Crippen LogP contribution is 2.60. The third-order valence-corrected chi connectivity index (χ3v) is 9.16. The second-order valence-corrected chi connectivity index (χ2v) is 12.5. The van der Waals surface area contributed by atoms with Crippen molar-refractivity contribution in [2.75, 3.05) is 13.2 Å². The molecule has 4 nitrogen and oxygen atoms in total. The molecule has 1 amide bonds. The van der Waals surface area contributed by atoms with E-state index in [1.807, 2.05) is 0 Å². The normalized spacial score (nSPS) is 33.3. The molecule has 1 aromatic carbocycles. The molecular weight excluding hydrogens is 414 g/mol. The van der Waals surface area contributed by atoms with Crippen molar-refractivity contribution in [2.45, 2.75) is 74.4 Å². The number of nitrogens with zero attached hydrogens (tertiary/aromatic N) is 1. The van der Waals surface area contributed by atoms with Gasteiger partial charge in [-0.25, -0.2) is 0 Å².